The van der Waals surface area contributed by atoms with E-state index in [1.807, 2.05) is 0 Å². The van der Waals surface area contributed by atoms with Crippen molar-refractivity contribution >= 4 is 6.08 Å². The largest absolute Gasteiger partial charge is 0.257 e. The number of hydrogen-bond donors (Lipinski definition) is 0. The second kappa shape index (κ2) is 2.94. The highest BCUT2D eigenvalue weighted by molar-refractivity contribution is 5.63. The van der Waals surface area contributed by atoms with Crippen LogP contribution >= 0.6 is 0 Å². The molecule has 1 heteroatoms. The van der Waals surface area contributed by atoms with E-state index in [4.69, 9.17) is 0 Å². The van der Waals surface area contributed by atoms with E-state index in [0.717, 1.165) is 12.1 Å². The van der Waals surface area contributed by atoms with Gasteiger partial charge >= 0.3 is 0 Å². The molecule has 0 atom stereocenters. The summed E-state index contributed by atoms with van der Waals surface area (Å²) in [6, 6.07) is 2.20. The third-order valence-corrected chi connectivity index (χ3v) is 2.61. The molecule has 0 aliphatic heterocycles. The summed E-state index contributed by atoms with van der Waals surface area (Å²) >= 11 is 0. The molecule has 0 amide bonds. The molecule has 1 aliphatic carbocycles. The minimum absolute atomic E-state index is 0.144. The van der Waals surface area contributed by atoms with Crippen molar-refractivity contribution in [1.82, 2.24) is 4.98 Å². The van der Waals surface area contributed by atoms with Gasteiger partial charge in [0.05, 0.1) is 5.69 Å². The van der Waals surface area contributed by atoms with Crippen LogP contribution in [0.15, 0.2) is 12.1 Å². The molecule has 2 rings (SSSR count). The van der Waals surface area contributed by atoms with Crippen molar-refractivity contribution in [2.45, 2.75) is 39.5 Å². The molecule has 1 aliphatic rings. The predicted octanol–water partition coefficient (Wildman–Crippen LogP) is 3.26. The van der Waals surface area contributed by atoms with E-state index in [9.17, 15) is 0 Å². The smallest absolute Gasteiger partial charge is 0.0535 e. The molecule has 0 saturated carbocycles. The van der Waals surface area contributed by atoms with Crippen LogP contribution in [-0.2, 0) is 11.8 Å². The molecular weight excluding hydrogens is 170 g/mol. The lowest BCUT2D eigenvalue weighted by molar-refractivity contribution is 0.565. The first kappa shape index (κ1) is 9.45. The Balaban J connectivity index is 2.65. The maximum absolute atomic E-state index is 4.66. The molecule has 0 unspecified atom stereocenters. The van der Waals surface area contributed by atoms with Crippen LogP contribution < -0.4 is 0 Å². The van der Waals surface area contributed by atoms with Gasteiger partial charge < -0.3 is 0 Å². The van der Waals surface area contributed by atoms with E-state index >= 15 is 0 Å². The van der Waals surface area contributed by atoms with Crippen LogP contribution in [0, 0.1) is 6.92 Å². The second-order valence-corrected chi connectivity index (χ2v) is 5.04. The summed E-state index contributed by atoms with van der Waals surface area (Å²) in [5.74, 6) is 0. The SMILES string of the molecule is Cc1cc2c(c(C(C)(C)C)n1)C=CC2. The molecule has 1 heterocycles. The van der Waals surface area contributed by atoms with Gasteiger partial charge in [-0.1, -0.05) is 32.9 Å². The summed E-state index contributed by atoms with van der Waals surface area (Å²) in [5, 5.41) is 0. The molecule has 1 aromatic heterocycles. The van der Waals surface area contributed by atoms with Gasteiger partial charge in [0.25, 0.3) is 0 Å². The van der Waals surface area contributed by atoms with Gasteiger partial charge in [0, 0.05) is 11.1 Å². The number of aryl methyl sites for hydroxylation is 1. The van der Waals surface area contributed by atoms with Crippen LogP contribution in [-0.4, -0.2) is 4.98 Å². The maximum atomic E-state index is 4.66. The normalized spacial score (nSPS) is 14.6. The molecule has 0 radical (unpaired) electrons. The van der Waals surface area contributed by atoms with Crippen molar-refractivity contribution in [3.63, 3.8) is 0 Å². The number of nitrogens with zero attached hydrogens (tertiary/aromatic N) is 1. The minimum atomic E-state index is 0.144. The van der Waals surface area contributed by atoms with Crippen LogP contribution in [0.4, 0.5) is 0 Å². The van der Waals surface area contributed by atoms with Crippen LogP contribution in [0.25, 0.3) is 6.08 Å². The Morgan fingerprint density at radius 1 is 1.29 bits per heavy atom. The van der Waals surface area contributed by atoms with Crippen LogP contribution in [0.3, 0.4) is 0 Å². The zero-order valence-electron chi connectivity index (χ0n) is 9.39. The molecule has 0 spiro atoms. The first-order chi connectivity index (χ1) is 6.48. The Morgan fingerprint density at radius 3 is 2.64 bits per heavy atom. The Kier molecular flexibility index (Phi) is 1.99. The topological polar surface area (TPSA) is 12.9 Å². The number of hydrogen-bond acceptors (Lipinski definition) is 1. The highest BCUT2D eigenvalue weighted by atomic mass is 14.7. The fraction of sp³-hybridized carbons (Fsp3) is 0.462. The monoisotopic (exact) mass is 187 g/mol. The quantitative estimate of drug-likeness (QED) is 0.607. The molecule has 0 fully saturated rings. The van der Waals surface area contributed by atoms with Gasteiger partial charge in [-0.2, -0.15) is 0 Å². The van der Waals surface area contributed by atoms with Gasteiger partial charge in [0.1, 0.15) is 0 Å². The van der Waals surface area contributed by atoms with Crippen LogP contribution in [0.1, 0.15) is 43.3 Å². The van der Waals surface area contributed by atoms with Crippen molar-refractivity contribution in [1.29, 1.82) is 0 Å². The Labute approximate surface area is 85.9 Å². The summed E-state index contributed by atoms with van der Waals surface area (Å²) in [6.45, 7) is 8.75. The summed E-state index contributed by atoms with van der Waals surface area (Å²) in [7, 11) is 0. The lowest BCUT2D eigenvalue weighted by Gasteiger charge is -2.21. The van der Waals surface area contributed by atoms with E-state index < -0.39 is 0 Å². The van der Waals surface area contributed by atoms with Crippen molar-refractivity contribution in [3.05, 3.63) is 34.7 Å². The van der Waals surface area contributed by atoms with E-state index in [-0.39, 0.29) is 5.41 Å². The van der Waals surface area contributed by atoms with Crippen molar-refractivity contribution < 1.29 is 0 Å². The number of aromatic nitrogens is 1. The summed E-state index contributed by atoms with van der Waals surface area (Å²) in [6.07, 6.45) is 5.51. The van der Waals surface area contributed by atoms with E-state index in [1.165, 1.54) is 16.8 Å². The van der Waals surface area contributed by atoms with Crippen molar-refractivity contribution in [3.8, 4) is 0 Å². The lowest BCUT2D eigenvalue weighted by atomic mass is 9.87. The van der Waals surface area contributed by atoms with Gasteiger partial charge in [-0.05, 0) is 30.5 Å². The third kappa shape index (κ3) is 1.47. The highest BCUT2D eigenvalue weighted by Crippen LogP contribution is 2.31. The first-order valence-electron chi connectivity index (χ1n) is 5.16. The number of fused-ring (bicyclic) bond motifs is 1. The zero-order chi connectivity index (χ0) is 10.3. The fourth-order valence-corrected chi connectivity index (χ4v) is 1.98. The van der Waals surface area contributed by atoms with Gasteiger partial charge in [0.2, 0.25) is 0 Å². The highest BCUT2D eigenvalue weighted by Gasteiger charge is 2.22. The Morgan fingerprint density at radius 2 is 2.00 bits per heavy atom. The summed E-state index contributed by atoms with van der Waals surface area (Å²) in [4.78, 5) is 4.66. The molecule has 74 valence electrons. The number of pyridine rings is 1. The molecule has 1 nitrogen and oxygen atoms in total. The van der Waals surface area contributed by atoms with E-state index in [0.29, 0.717) is 0 Å². The standard InChI is InChI=1S/C13H17N/c1-9-8-10-6-5-7-11(10)12(14-9)13(2,3)4/h5,7-8H,6H2,1-4H3. The van der Waals surface area contributed by atoms with Crippen molar-refractivity contribution in [2.24, 2.45) is 0 Å². The second-order valence-electron chi connectivity index (χ2n) is 5.04. The lowest BCUT2D eigenvalue weighted by Crippen LogP contribution is -2.16. The molecule has 0 bridgehead atoms. The fourth-order valence-electron chi connectivity index (χ4n) is 1.98. The first-order valence-corrected chi connectivity index (χ1v) is 5.16. The zero-order valence-corrected chi connectivity index (χ0v) is 9.39. The predicted molar refractivity (Wildman–Crippen MR) is 60.4 cm³/mol. The van der Waals surface area contributed by atoms with E-state index in [2.05, 4.69) is 50.9 Å². The van der Waals surface area contributed by atoms with Gasteiger partial charge in [0.15, 0.2) is 0 Å². The van der Waals surface area contributed by atoms with E-state index in [1.54, 1.807) is 0 Å². The molecule has 1 aromatic rings. The molecule has 0 N–H and O–H groups in total. The summed E-state index contributed by atoms with van der Waals surface area (Å²) in [5.41, 5.74) is 5.30. The van der Waals surface area contributed by atoms with Crippen molar-refractivity contribution in [2.75, 3.05) is 0 Å². The van der Waals surface area contributed by atoms with Crippen LogP contribution in [0.2, 0.25) is 0 Å². The Hall–Kier alpha value is -1.11. The van der Waals surface area contributed by atoms with Gasteiger partial charge in [-0.15, -0.1) is 0 Å². The average molecular weight is 187 g/mol. The molecule has 14 heavy (non-hydrogen) atoms. The number of rotatable bonds is 0. The van der Waals surface area contributed by atoms with Gasteiger partial charge in [-0.25, -0.2) is 0 Å². The van der Waals surface area contributed by atoms with Crippen LogP contribution in [0.5, 0.6) is 0 Å². The third-order valence-electron chi connectivity index (χ3n) is 2.61. The molecular formula is C13H17N. The molecule has 0 saturated heterocycles. The summed E-state index contributed by atoms with van der Waals surface area (Å²) < 4.78 is 0. The molecule has 0 aromatic carbocycles. The average Bonchev–Trinajstić information content (AvgIpc) is 2.47. The minimum Gasteiger partial charge on any atom is -0.257 e. The van der Waals surface area contributed by atoms with Gasteiger partial charge in [-0.3, -0.25) is 4.98 Å². The maximum Gasteiger partial charge on any atom is 0.0535 e. The number of allylic oxidation sites excluding steroid dienone is 1. The Bertz CT molecular complexity index is 394.